The first-order valence-corrected chi connectivity index (χ1v) is 9.27. The van der Waals surface area contributed by atoms with Gasteiger partial charge >= 0.3 is 5.97 Å². The van der Waals surface area contributed by atoms with Crippen LogP contribution in [0.2, 0.25) is 0 Å². The van der Waals surface area contributed by atoms with E-state index in [9.17, 15) is 9.59 Å². The zero-order chi connectivity index (χ0) is 20.8. The lowest BCUT2D eigenvalue weighted by atomic mass is 10.1. The van der Waals surface area contributed by atoms with Crippen molar-refractivity contribution >= 4 is 11.9 Å². The second-order valence-corrected chi connectivity index (χ2v) is 6.81. The summed E-state index contributed by atoms with van der Waals surface area (Å²) in [5.41, 5.74) is 3.41. The van der Waals surface area contributed by atoms with Gasteiger partial charge in [0.1, 0.15) is 0 Å². The number of amides is 1. The second kappa shape index (κ2) is 9.14. The van der Waals surface area contributed by atoms with Crippen molar-refractivity contribution in [1.29, 1.82) is 0 Å². The Morgan fingerprint density at radius 3 is 2.38 bits per heavy atom. The number of aryl methyl sites for hydroxylation is 2. The number of carbonyl (C=O) groups is 2. The summed E-state index contributed by atoms with van der Waals surface area (Å²) in [4.78, 5) is 25.5. The molecule has 0 bridgehead atoms. The van der Waals surface area contributed by atoms with Crippen molar-refractivity contribution in [2.45, 2.75) is 26.3 Å². The Labute approximate surface area is 169 Å². The molecule has 0 aliphatic heterocycles. The topological polar surface area (TPSA) is 85.5 Å². The molecule has 3 aromatic rings. The first-order valence-electron chi connectivity index (χ1n) is 9.27. The van der Waals surface area contributed by atoms with Crippen LogP contribution in [-0.2, 0) is 22.5 Å². The molecule has 2 aromatic carbocycles. The number of benzene rings is 2. The third kappa shape index (κ3) is 5.28. The van der Waals surface area contributed by atoms with Crippen molar-refractivity contribution in [3.8, 4) is 11.5 Å². The highest BCUT2D eigenvalue weighted by molar-refractivity contribution is 5.89. The average molecular weight is 393 g/mol. The number of hydrogen-bond acceptors (Lipinski definition) is 6. The predicted molar refractivity (Wildman–Crippen MR) is 107 cm³/mol. The lowest BCUT2D eigenvalue weighted by molar-refractivity contribution is -0.130. The monoisotopic (exact) mass is 393 g/mol. The first-order chi connectivity index (χ1) is 14.0. The third-order valence-corrected chi connectivity index (χ3v) is 4.54. The first kappa shape index (κ1) is 20.3. The van der Waals surface area contributed by atoms with E-state index in [1.165, 1.54) is 7.11 Å². The Morgan fingerprint density at radius 2 is 1.72 bits per heavy atom. The smallest absolute Gasteiger partial charge is 0.337 e. The minimum Gasteiger partial charge on any atom is -0.465 e. The molecule has 29 heavy (non-hydrogen) atoms. The number of hydrogen-bond donors (Lipinski definition) is 0. The van der Waals surface area contributed by atoms with Gasteiger partial charge in [-0.2, -0.15) is 0 Å². The van der Waals surface area contributed by atoms with E-state index in [1.54, 1.807) is 24.1 Å². The van der Waals surface area contributed by atoms with Crippen LogP contribution in [0.1, 0.15) is 33.8 Å². The Kier molecular flexibility index (Phi) is 6.39. The summed E-state index contributed by atoms with van der Waals surface area (Å²) in [5.74, 6) is 0.471. The van der Waals surface area contributed by atoms with Crippen LogP contribution in [-0.4, -0.2) is 41.1 Å². The summed E-state index contributed by atoms with van der Waals surface area (Å²) in [7, 11) is 3.08. The average Bonchev–Trinajstić information content (AvgIpc) is 3.21. The Hall–Kier alpha value is -3.48. The van der Waals surface area contributed by atoms with E-state index in [1.807, 2.05) is 43.3 Å². The van der Waals surface area contributed by atoms with Crippen LogP contribution in [0.3, 0.4) is 0 Å². The number of ether oxygens (including phenoxy) is 1. The highest BCUT2D eigenvalue weighted by Gasteiger charge is 2.14. The normalized spacial score (nSPS) is 10.6. The van der Waals surface area contributed by atoms with Crippen LogP contribution in [0.4, 0.5) is 0 Å². The molecule has 0 saturated carbocycles. The maximum Gasteiger partial charge on any atom is 0.337 e. The van der Waals surface area contributed by atoms with Gasteiger partial charge in [0, 0.05) is 32.0 Å². The van der Waals surface area contributed by atoms with Crippen molar-refractivity contribution in [1.82, 2.24) is 15.1 Å². The molecular formula is C22H23N3O4. The minimum atomic E-state index is -0.384. The molecule has 0 N–H and O–H groups in total. The van der Waals surface area contributed by atoms with Crippen molar-refractivity contribution < 1.29 is 18.7 Å². The molecule has 0 atom stereocenters. The molecule has 7 heteroatoms. The minimum absolute atomic E-state index is 0.0304. The fourth-order valence-corrected chi connectivity index (χ4v) is 2.80. The maximum absolute atomic E-state index is 12.4. The van der Waals surface area contributed by atoms with Gasteiger partial charge in [0.15, 0.2) is 0 Å². The molecule has 0 radical (unpaired) electrons. The summed E-state index contributed by atoms with van der Waals surface area (Å²) in [6.45, 7) is 2.46. The molecule has 1 heterocycles. The molecule has 0 spiro atoms. The maximum atomic E-state index is 12.4. The second-order valence-electron chi connectivity index (χ2n) is 6.81. The molecule has 0 saturated heterocycles. The van der Waals surface area contributed by atoms with E-state index in [-0.39, 0.29) is 18.3 Å². The summed E-state index contributed by atoms with van der Waals surface area (Å²) in [6.07, 6.45) is 0.648. The van der Waals surface area contributed by atoms with E-state index >= 15 is 0 Å². The third-order valence-electron chi connectivity index (χ3n) is 4.54. The summed E-state index contributed by atoms with van der Waals surface area (Å²) >= 11 is 0. The van der Waals surface area contributed by atoms with Crippen LogP contribution in [0, 0.1) is 6.92 Å². The van der Waals surface area contributed by atoms with Gasteiger partial charge in [-0.05, 0) is 36.8 Å². The molecule has 0 fully saturated rings. The van der Waals surface area contributed by atoms with Crippen LogP contribution in [0.25, 0.3) is 11.5 Å². The number of rotatable bonds is 7. The van der Waals surface area contributed by atoms with Gasteiger partial charge in [0.2, 0.25) is 17.7 Å². The fourth-order valence-electron chi connectivity index (χ4n) is 2.80. The van der Waals surface area contributed by atoms with Crippen LogP contribution in [0.5, 0.6) is 0 Å². The van der Waals surface area contributed by atoms with Crippen LogP contribution in [0.15, 0.2) is 52.9 Å². The molecule has 1 amide bonds. The molecule has 150 valence electrons. The van der Waals surface area contributed by atoms with Gasteiger partial charge in [-0.1, -0.05) is 29.8 Å². The number of aromatic nitrogens is 2. The summed E-state index contributed by atoms with van der Waals surface area (Å²) in [5, 5.41) is 8.09. The Bertz CT molecular complexity index is 978. The summed E-state index contributed by atoms with van der Waals surface area (Å²) in [6, 6.07) is 14.8. The summed E-state index contributed by atoms with van der Waals surface area (Å²) < 4.78 is 10.3. The van der Waals surface area contributed by atoms with Gasteiger partial charge in [-0.25, -0.2) is 4.79 Å². The van der Waals surface area contributed by atoms with E-state index in [4.69, 9.17) is 4.42 Å². The van der Waals surface area contributed by atoms with E-state index < -0.39 is 0 Å². The van der Waals surface area contributed by atoms with Crippen LogP contribution >= 0.6 is 0 Å². The quantitative estimate of drug-likeness (QED) is 0.572. The number of esters is 1. The highest BCUT2D eigenvalue weighted by atomic mass is 16.5. The largest absolute Gasteiger partial charge is 0.465 e. The Balaban J connectivity index is 1.52. The van der Waals surface area contributed by atoms with Gasteiger partial charge < -0.3 is 14.1 Å². The predicted octanol–water partition coefficient (Wildman–Crippen LogP) is 3.42. The molecule has 0 unspecified atom stereocenters. The van der Waals surface area contributed by atoms with Gasteiger partial charge in [0.25, 0.3) is 0 Å². The zero-order valence-corrected chi connectivity index (χ0v) is 16.7. The van der Waals surface area contributed by atoms with Crippen LogP contribution < -0.4 is 0 Å². The van der Waals surface area contributed by atoms with Crippen molar-refractivity contribution in [3.63, 3.8) is 0 Å². The van der Waals surface area contributed by atoms with E-state index in [0.29, 0.717) is 30.3 Å². The molecule has 1 aromatic heterocycles. The van der Waals surface area contributed by atoms with E-state index in [2.05, 4.69) is 14.9 Å². The number of carbonyl (C=O) groups excluding carboxylic acids is 2. The molecule has 0 aliphatic rings. The SMILES string of the molecule is COC(=O)c1ccc(CN(C)C(=O)CCc2nnc(-c3ccc(C)cc3)o2)cc1. The van der Waals surface area contributed by atoms with E-state index in [0.717, 1.165) is 16.7 Å². The van der Waals surface area contributed by atoms with Gasteiger partial charge in [0.05, 0.1) is 12.7 Å². The Morgan fingerprint density at radius 1 is 1.03 bits per heavy atom. The molecule has 7 nitrogen and oxygen atoms in total. The molecular weight excluding hydrogens is 370 g/mol. The number of nitrogens with zero attached hydrogens (tertiary/aromatic N) is 3. The van der Waals surface area contributed by atoms with Crippen molar-refractivity contribution in [2.75, 3.05) is 14.2 Å². The lowest BCUT2D eigenvalue weighted by Crippen LogP contribution is -2.26. The molecule has 3 rings (SSSR count). The van der Waals surface area contributed by atoms with Crippen molar-refractivity contribution in [3.05, 3.63) is 71.1 Å². The lowest BCUT2D eigenvalue weighted by Gasteiger charge is -2.17. The molecule has 0 aliphatic carbocycles. The number of methoxy groups -OCH3 is 1. The fraction of sp³-hybridized carbons (Fsp3) is 0.273. The van der Waals surface area contributed by atoms with Crippen molar-refractivity contribution in [2.24, 2.45) is 0 Å². The highest BCUT2D eigenvalue weighted by Crippen LogP contribution is 2.19. The van der Waals surface area contributed by atoms with Gasteiger partial charge in [-0.3, -0.25) is 4.79 Å². The van der Waals surface area contributed by atoms with Gasteiger partial charge in [-0.15, -0.1) is 10.2 Å². The standard InChI is InChI=1S/C22H23N3O4/c1-15-4-8-17(9-5-15)21-24-23-19(29-21)12-13-20(26)25(2)14-16-6-10-18(11-7-16)22(27)28-3/h4-11H,12-14H2,1-3H3. The zero-order valence-electron chi connectivity index (χ0n) is 16.7.